The van der Waals surface area contributed by atoms with Gasteiger partial charge in [-0.05, 0) is 62.4 Å². The molecule has 0 aromatic heterocycles. The molecular formula is C21H34Cl2N2O3. The molecule has 0 atom stereocenters. The van der Waals surface area contributed by atoms with Crippen molar-refractivity contribution in [2.24, 2.45) is 5.92 Å². The van der Waals surface area contributed by atoms with Gasteiger partial charge in [-0.3, -0.25) is 9.80 Å². The van der Waals surface area contributed by atoms with E-state index in [-0.39, 0.29) is 24.8 Å². The van der Waals surface area contributed by atoms with Crippen molar-refractivity contribution in [1.82, 2.24) is 9.80 Å². The molecule has 0 amide bonds. The molecule has 28 heavy (non-hydrogen) atoms. The average molecular weight is 433 g/mol. The smallest absolute Gasteiger partial charge is 0.161 e. The Labute approximate surface area is 181 Å². The lowest BCUT2D eigenvalue weighted by atomic mass is 9.81. The maximum atomic E-state index is 6.31. The molecule has 0 bridgehead atoms. The summed E-state index contributed by atoms with van der Waals surface area (Å²) < 4.78 is 17.3. The Hall–Kier alpha value is -0.720. The molecule has 3 fully saturated rings. The summed E-state index contributed by atoms with van der Waals surface area (Å²) in [6, 6.07) is 6.42. The van der Waals surface area contributed by atoms with Gasteiger partial charge in [-0.25, -0.2) is 0 Å². The second kappa shape index (κ2) is 11.5. The topological polar surface area (TPSA) is 34.2 Å². The highest BCUT2D eigenvalue weighted by molar-refractivity contribution is 5.85. The monoisotopic (exact) mass is 432 g/mol. The van der Waals surface area contributed by atoms with Crippen LogP contribution in [0.2, 0.25) is 0 Å². The lowest BCUT2D eigenvalue weighted by Crippen LogP contribution is -2.45. The van der Waals surface area contributed by atoms with Crippen molar-refractivity contribution in [2.75, 3.05) is 53.0 Å². The first-order chi connectivity index (χ1) is 12.8. The largest absolute Gasteiger partial charge is 0.493 e. The van der Waals surface area contributed by atoms with Gasteiger partial charge in [-0.15, -0.1) is 24.8 Å². The number of hydrogen-bond donors (Lipinski definition) is 0. The van der Waals surface area contributed by atoms with Gasteiger partial charge in [0, 0.05) is 26.2 Å². The zero-order valence-corrected chi connectivity index (χ0v) is 18.4. The lowest BCUT2D eigenvalue weighted by molar-refractivity contribution is -0.000438. The third-order valence-electron chi connectivity index (χ3n) is 5.94. The van der Waals surface area contributed by atoms with E-state index in [1.807, 2.05) is 0 Å². The van der Waals surface area contributed by atoms with Crippen LogP contribution >= 0.6 is 24.8 Å². The standard InChI is InChI=1S/C21H32N2O3.2ClH/c1-24-20-5-4-17(15-22-6-2-3-7-22)14-21(20)26-19-12-18(13-19)16-23-8-10-25-11-9-23;;/h4-5,14,18-19H,2-3,6-13,15-16H2,1H3;2*1H. The van der Waals surface area contributed by atoms with E-state index in [9.17, 15) is 0 Å². The van der Waals surface area contributed by atoms with Crippen molar-refractivity contribution < 1.29 is 14.2 Å². The van der Waals surface area contributed by atoms with Crippen LogP contribution in [-0.4, -0.2) is 69.0 Å². The Kier molecular flexibility index (Phi) is 9.64. The van der Waals surface area contributed by atoms with Crippen LogP contribution in [0.15, 0.2) is 18.2 Å². The number of morpholine rings is 1. The van der Waals surface area contributed by atoms with E-state index < -0.39 is 0 Å². The summed E-state index contributed by atoms with van der Waals surface area (Å²) in [7, 11) is 1.73. The first kappa shape index (κ1) is 23.6. The number of rotatable bonds is 7. The highest BCUT2D eigenvalue weighted by Crippen LogP contribution is 2.36. The number of halogens is 2. The van der Waals surface area contributed by atoms with E-state index in [0.717, 1.165) is 63.1 Å². The van der Waals surface area contributed by atoms with Crippen LogP contribution in [-0.2, 0) is 11.3 Å². The van der Waals surface area contributed by atoms with Crippen LogP contribution < -0.4 is 9.47 Å². The highest BCUT2D eigenvalue weighted by atomic mass is 35.5. The first-order valence-electron chi connectivity index (χ1n) is 10.2. The van der Waals surface area contributed by atoms with Crippen molar-refractivity contribution in [1.29, 1.82) is 0 Å². The van der Waals surface area contributed by atoms with E-state index in [1.54, 1.807) is 7.11 Å². The molecule has 2 heterocycles. The van der Waals surface area contributed by atoms with Crippen molar-refractivity contribution >= 4 is 24.8 Å². The van der Waals surface area contributed by atoms with Gasteiger partial charge < -0.3 is 14.2 Å². The Balaban J connectivity index is 0.00000140. The minimum absolute atomic E-state index is 0. The lowest BCUT2D eigenvalue weighted by Gasteiger charge is -2.39. The van der Waals surface area contributed by atoms with E-state index in [2.05, 4.69) is 28.0 Å². The van der Waals surface area contributed by atoms with Gasteiger partial charge in [0.1, 0.15) is 0 Å². The predicted molar refractivity (Wildman–Crippen MR) is 116 cm³/mol. The number of nitrogens with zero attached hydrogens (tertiary/aromatic N) is 2. The van der Waals surface area contributed by atoms with Gasteiger partial charge in [0.15, 0.2) is 11.5 Å². The molecule has 0 radical (unpaired) electrons. The number of ether oxygens (including phenoxy) is 3. The van der Waals surface area contributed by atoms with E-state index in [4.69, 9.17) is 14.2 Å². The number of methoxy groups -OCH3 is 1. The Bertz CT molecular complexity index is 587. The van der Waals surface area contributed by atoms with Crippen LogP contribution in [0.4, 0.5) is 0 Å². The third kappa shape index (κ3) is 6.14. The molecule has 160 valence electrons. The van der Waals surface area contributed by atoms with Crippen molar-refractivity contribution in [3.8, 4) is 11.5 Å². The average Bonchev–Trinajstić information content (AvgIpc) is 3.14. The molecule has 4 rings (SSSR count). The van der Waals surface area contributed by atoms with Crippen molar-refractivity contribution in [2.45, 2.75) is 38.3 Å². The molecule has 1 aromatic rings. The summed E-state index contributed by atoms with van der Waals surface area (Å²) in [5.41, 5.74) is 1.33. The predicted octanol–water partition coefficient (Wildman–Crippen LogP) is 3.62. The minimum Gasteiger partial charge on any atom is -0.493 e. The summed E-state index contributed by atoms with van der Waals surface area (Å²) in [5, 5.41) is 0. The molecule has 1 aliphatic carbocycles. The molecule has 0 spiro atoms. The van der Waals surface area contributed by atoms with Crippen molar-refractivity contribution in [3.63, 3.8) is 0 Å². The van der Waals surface area contributed by atoms with E-state index in [0.29, 0.717) is 6.10 Å². The van der Waals surface area contributed by atoms with Crippen LogP contribution in [0.25, 0.3) is 0 Å². The normalized spacial score (nSPS) is 25.3. The minimum atomic E-state index is 0. The maximum absolute atomic E-state index is 6.31. The van der Waals surface area contributed by atoms with Gasteiger partial charge in [0.2, 0.25) is 0 Å². The second-order valence-corrected chi connectivity index (χ2v) is 7.96. The summed E-state index contributed by atoms with van der Waals surface area (Å²) >= 11 is 0. The molecule has 3 aliphatic rings. The molecular weight excluding hydrogens is 399 g/mol. The molecule has 7 heteroatoms. The van der Waals surface area contributed by atoms with Crippen LogP contribution in [0.1, 0.15) is 31.2 Å². The summed E-state index contributed by atoms with van der Waals surface area (Å²) in [6.07, 6.45) is 5.28. The third-order valence-corrected chi connectivity index (χ3v) is 5.94. The molecule has 2 aliphatic heterocycles. The molecule has 2 saturated heterocycles. The zero-order chi connectivity index (χ0) is 17.8. The maximum Gasteiger partial charge on any atom is 0.161 e. The number of likely N-dealkylation sites (tertiary alicyclic amines) is 1. The molecule has 0 N–H and O–H groups in total. The fourth-order valence-corrected chi connectivity index (χ4v) is 4.36. The fraction of sp³-hybridized carbons (Fsp3) is 0.714. The quantitative estimate of drug-likeness (QED) is 0.656. The molecule has 1 aromatic carbocycles. The summed E-state index contributed by atoms with van der Waals surface area (Å²) in [6.45, 7) is 8.56. The van der Waals surface area contributed by atoms with Crippen LogP contribution in [0.5, 0.6) is 11.5 Å². The Morgan fingerprint density at radius 2 is 1.68 bits per heavy atom. The van der Waals surface area contributed by atoms with Crippen molar-refractivity contribution in [3.05, 3.63) is 23.8 Å². The summed E-state index contributed by atoms with van der Waals surface area (Å²) in [5.74, 6) is 2.53. The fourth-order valence-electron chi connectivity index (χ4n) is 4.36. The molecule has 0 unspecified atom stereocenters. The Morgan fingerprint density at radius 1 is 0.964 bits per heavy atom. The van der Waals surface area contributed by atoms with E-state index >= 15 is 0 Å². The van der Waals surface area contributed by atoms with Gasteiger partial charge in [-0.2, -0.15) is 0 Å². The van der Waals surface area contributed by atoms with Gasteiger partial charge in [-0.1, -0.05) is 6.07 Å². The van der Waals surface area contributed by atoms with Gasteiger partial charge in [0.05, 0.1) is 26.4 Å². The van der Waals surface area contributed by atoms with Gasteiger partial charge >= 0.3 is 0 Å². The van der Waals surface area contributed by atoms with Crippen LogP contribution in [0.3, 0.4) is 0 Å². The van der Waals surface area contributed by atoms with Crippen LogP contribution in [0, 0.1) is 5.92 Å². The first-order valence-corrected chi connectivity index (χ1v) is 10.2. The second-order valence-electron chi connectivity index (χ2n) is 7.96. The number of hydrogen-bond acceptors (Lipinski definition) is 5. The summed E-state index contributed by atoms with van der Waals surface area (Å²) in [4.78, 5) is 5.05. The zero-order valence-electron chi connectivity index (χ0n) is 16.8. The number of benzene rings is 1. The molecule has 1 saturated carbocycles. The Morgan fingerprint density at radius 3 is 2.36 bits per heavy atom. The van der Waals surface area contributed by atoms with E-state index in [1.165, 1.54) is 38.0 Å². The van der Waals surface area contributed by atoms with Gasteiger partial charge in [0.25, 0.3) is 0 Å². The highest BCUT2D eigenvalue weighted by Gasteiger charge is 2.33. The SMILES string of the molecule is COc1ccc(CN2CCCC2)cc1OC1CC(CN2CCOCC2)C1.Cl.Cl. The molecule has 5 nitrogen and oxygen atoms in total.